The quantitative estimate of drug-likeness (QED) is 0.812. The van der Waals surface area contributed by atoms with Crippen LogP contribution in [-0.4, -0.2) is 12.1 Å². The molecule has 1 fully saturated rings. The Morgan fingerprint density at radius 2 is 1.94 bits per heavy atom. The number of hydrogen-bond acceptors (Lipinski definition) is 1. The Balaban J connectivity index is 2.04. The van der Waals surface area contributed by atoms with E-state index in [4.69, 9.17) is 0 Å². The number of rotatable bonds is 5. The highest BCUT2D eigenvalue weighted by atomic mass is 15.0. The zero-order chi connectivity index (χ0) is 12.4. The summed E-state index contributed by atoms with van der Waals surface area (Å²) in [6, 6.07) is 8.34. The minimum Gasteiger partial charge on any atom is -0.311 e. The third kappa shape index (κ3) is 3.57. The van der Waals surface area contributed by atoms with Gasteiger partial charge in [0.15, 0.2) is 0 Å². The van der Waals surface area contributed by atoms with Crippen molar-refractivity contribution in [3.63, 3.8) is 0 Å². The van der Waals surface area contributed by atoms with Crippen molar-refractivity contribution in [2.75, 3.05) is 0 Å². The van der Waals surface area contributed by atoms with Crippen molar-refractivity contribution in [3.8, 4) is 0 Å². The van der Waals surface area contributed by atoms with Gasteiger partial charge in [0.1, 0.15) is 0 Å². The van der Waals surface area contributed by atoms with Crippen LogP contribution in [0.1, 0.15) is 56.2 Å². The summed E-state index contributed by atoms with van der Waals surface area (Å²) >= 11 is 0. The summed E-state index contributed by atoms with van der Waals surface area (Å²) in [5.74, 6) is 0.626. The SMILES string of the molecule is Cc1ccc(C(C)C)cc1CC(C)NC1CC1. The topological polar surface area (TPSA) is 12.0 Å². The van der Waals surface area contributed by atoms with E-state index < -0.39 is 0 Å². The lowest BCUT2D eigenvalue weighted by Gasteiger charge is -2.16. The molecule has 1 aromatic rings. The van der Waals surface area contributed by atoms with E-state index in [1.165, 1.54) is 29.5 Å². The Labute approximate surface area is 106 Å². The molecule has 0 aliphatic heterocycles. The molecule has 0 saturated heterocycles. The first kappa shape index (κ1) is 12.6. The van der Waals surface area contributed by atoms with Gasteiger partial charge in [0.05, 0.1) is 0 Å². The lowest BCUT2D eigenvalue weighted by molar-refractivity contribution is 0.541. The predicted octanol–water partition coefficient (Wildman–Crippen LogP) is 3.80. The van der Waals surface area contributed by atoms with Crippen LogP contribution in [0.3, 0.4) is 0 Å². The third-order valence-electron chi connectivity index (χ3n) is 3.66. The molecule has 0 spiro atoms. The number of benzene rings is 1. The first-order valence-electron chi connectivity index (χ1n) is 6.91. The van der Waals surface area contributed by atoms with E-state index in [2.05, 4.69) is 51.2 Å². The maximum atomic E-state index is 3.68. The van der Waals surface area contributed by atoms with Gasteiger partial charge in [-0.2, -0.15) is 0 Å². The molecule has 0 heterocycles. The third-order valence-corrected chi connectivity index (χ3v) is 3.66. The van der Waals surface area contributed by atoms with Crippen LogP contribution in [0.25, 0.3) is 0 Å². The van der Waals surface area contributed by atoms with Gasteiger partial charge in [0.25, 0.3) is 0 Å². The molecule has 1 unspecified atom stereocenters. The lowest BCUT2D eigenvalue weighted by atomic mass is 9.94. The van der Waals surface area contributed by atoms with Crippen LogP contribution in [0.4, 0.5) is 0 Å². The highest BCUT2D eigenvalue weighted by molar-refractivity contribution is 5.33. The van der Waals surface area contributed by atoms with Crippen molar-refractivity contribution in [3.05, 3.63) is 34.9 Å². The second kappa shape index (κ2) is 5.22. The highest BCUT2D eigenvalue weighted by Gasteiger charge is 2.22. The maximum absolute atomic E-state index is 3.68. The molecule has 17 heavy (non-hydrogen) atoms. The van der Waals surface area contributed by atoms with Crippen LogP contribution in [0, 0.1) is 6.92 Å². The molecule has 1 N–H and O–H groups in total. The lowest BCUT2D eigenvalue weighted by Crippen LogP contribution is -2.30. The van der Waals surface area contributed by atoms with Crippen molar-refractivity contribution in [2.45, 2.75) is 65.0 Å². The van der Waals surface area contributed by atoms with E-state index in [-0.39, 0.29) is 0 Å². The van der Waals surface area contributed by atoms with Crippen LogP contribution in [0.2, 0.25) is 0 Å². The Hall–Kier alpha value is -0.820. The smallest absolute Gasteiger partial charge is 0.00818 e. The van der Waals surface area contributed by atoms with Gasteiger partial charge >= 0.3 is 0 Å². The van der Waals surface area contributed by atoms with Crippen molar-refractivity contribution in [1.82, 2.24) is 5.32 Å². The molecule has 0 amide bonds. The zero-order valence-corrected chi connectivity index (χ0v) is 11.6. The van der Waals surface area contributed by atoms with Crippen molar-refractivity contribution in [1.29, 1.82) is 0 Å². The molecule has 0 radical (unpaired) electrons. The molecule has 94 valence electrons. The highest BCUT2D eigenvalue weighted by Crippen LogP contribution is 2.22. The molecule has 1 aromatic carbocycles. The first-order valence-corrected chi connectivity index (χ1v) is 6.91. The van der Waals surface area contributed by atoms with E-state index in [9.17, 15) is 0 Å². The van der Waals surface area contributed by atoms with Gasteiger partial charge < -0.3 is 5.32 Å². The molecule has 1 nitrogen and oxygen atoms in total. The average molecular weight is 231 g/mol. The fraction of sp³-hybridized carbons (Fsp3) is 0.625. The number of aryl methyl sites for hydroxylation is 1. The number of nitrogens with one attached hydrogen (secondary N) is 1. The number of hydrogen-bond donors (Lipinski definition) is 1. The van der Waals surface area contributed by atoms with E-state index in [0.717, 1.165) is 12.5 Å². The largest absolute Gasteiger partial charge is 0.311 e. The Morgan fingerprint density at radius 3 is 2.53 bits per heavy atom. The summed E-state index contributed by atoms with van der Waals surface area (Å²) in [4.78, 5) is 0. The van der Waals surface area contributed by atoms with Gasteiger partial charge in [-0.05, 0) is 55.7 Å². The van der Waals surface area contributed by atoms with E-state index in [1.807, 2.05) is 0 Å². The zero-order valence-electron chi connectivity index (χ0n) is 11.6. The Morgan fingerprint density at radius 1 is 1.24 bits per heavy atom. The van der Waals surface area contributed by atoms with Crippen LogP contribution < -0.4 is 5.32 Å². The molecule has 1 aliphatic carbocycles. The van der Waals surface area contributed by atoms with Gasteiger partial charge in [-0.25, -0.2) is 0 Å². The summed E-state index contributed by atoms with van der Waals surface area (Å²) in [5.41, 5.74) is 4.40. The van der Waals surface area contributed by atoms with Gasteiger partial charge in [-0.1, -0.05) is 32.0 Å². The maximum Gasteiger partial charge on any atom is 0.00818 e. The molecule has 0 aromatic heterocycles. The molecular weight excluding hydrogens is 206 g/mol. The molecular formula is C16H25N. The normalized spacial score (nSPS) is 17.5. The fourth-order valence-corrected chi connectivity index (χ4v) is 2.31. The molecule has 2 rings (SSSR count). The molecule has 1 aliphatic rings. The standard InChI is InChI=1S/C16H25N/c1-11(2)14-6-5-12(3)15(10-14)9-13(4)17-16-7-8-16/h5-6,10-11,13,16-17H,7-9H2,1-4H3. The minimum atomic E-state index is 0.601. The average Bonchev–Trinajstić information content (AvgIpc) is 3.04. The monoisotopic (exact) mass is 231 g/mol. The summed E-state index contributed by atoms with van der Waals surface area (Å²) in [6.07, 6.45) is 3.90. The van der Waals surface area contributed by atoms with Crippen molar-refractivity contribution in [2.24, 2.45) is 0 Å². The second-order valence-electron chi connectivity index (χ2n) is 5.89. The van der Waals surface area contributed by atoms with Crippen LogP contribution in [0.5, 0.6) is 0 Å². The predicted molar refractivity (Wildman–Crippen MR) is 74.6 cm³/mol. The van der Waals surface area contributed by atoms with E-state index in [1.54, 1.807) is 0 Å². The molecule has 1 heteroatoms. The fourth-order valence-electron chi connectivity index (χ4n) is 2.31. The minimum absolute atomic E-state index is 0.601. The van der Waals surface area contributed by atoms with Gasteiger partial charge in [-0.15, -0.1) is 0 Å². The van der Waals surface area contributed by atoms with Crippen LogP contribution in [0.15, 0.2) is 18.2 Å². The molecule has 0 bridgehead atoms. The molecule has 1 atom stereocenters. The van der Waals surface area contributed by atoms with Crippen LogP contribution >= 0.6 is 0 Å². The summed E-state index contributed by atoms with van der Waals surface area (Å²) in [5, 5.41) is 3.68. The second-order valence-corrected chi connectivity index (χ2v) is 5.89. The summed E-state index contributed by atoms with van der Waals surface area (Å²) < 4.78 is 0. The van der Waals surface area contributed by atoms with E-state index in [0.29, 0.717) is 12.0 Å². The molecule has 1 saturated carbocycles. The van der Waals surface area contributed by atoms with Gasteiger partial charge in [-0.3, -0.25) is 0 Å². The van der Waals surface area contributed by atoms with Crippen LogP contribution in [-0.2, 0) is 6.42 Å². The van der Waals surface area contributed by atoms with Crippen molar-refractivity contribution < 1.29 is 0 Å². The van der Waals surface area contributed by atoms with Gasteiger partial charge in [0, 0.05) is 12.1 Å². The van der Waals surface area contributed by atoms with Crippen molar-refractivity contribution >= 4 is 0 Å². The van der Waals surface area contributed by atoms with E-state index >= 15 is 0 Å². The Bertz CT molecular complexity index is 377. The summed E-state index contributed by atoms with van der Waals surface area (Å²) in [6.45, 7) is 9.06. The van der Waals surface area contributed by atoms with Gasteiger partial charge in [0.2, 0.25) is 0 Å². The Kier molecular flexibility index (Phi) is 3.88. The summed E-state index contributed by atoms with van der Waals surface area (Å²) in [7, 11) is 0. The first-order chi connectivity index (χ1) is 8.06.